The third-order valence-electron chi connectivity index (χ3n) is 3.05. The van der Waals surface area contributed by atoms with Gasteiger partial charge in [-0.3, -0.25) is 14.6 Å². The summed E-state index contributed by atoms with van der Waals surface area (Å²) in [7, 11) is 0. The number of nitrogens with one attached hydrogen (secondary N) is 2. The number of primary amides is 2. The maximum absolute atomic E-state index is 11.5. The van der Waals surface area contributed by atoms with Crippen molar-refractivity contribution in [3.8, 4) is 0 Å². The van der Waals surface area contributed by atoms with Gasteiger partial charge in [-0.05, 0) is 12.5 Å². The average Bonchev–Trinajstić information content (AvgIpc) is 2.52. The number of rotatable bonds is 7. The number of hydrogen-bond acceptors (Lipinski definition) is 7. The lowest BCUT2D eigenvalue weighted by Crippen LogP contribution is -2.35. The van der Waals surface area contributed by atoms with Crippen molar-refractivity contribution >= 4 is 40.7 Å². The Morgan fingerprint density at radius 3 is 2.62 bits per heavy atom. The van der Waals surface area contributed by atoms with Crippen molar-refractivity contribution in [1.82, 2.24) is 15.0 Å². The number of pyridine rings is 1. The number of carbonyl (C=O) groups excluding carboxylic acids is 2. The van der Waals surface area contributed by atoms with Gasteiger partial charge in [-0.2, -0.15) is 0 Å². The highest BCUT2D eigenvalue weighted by Crippen LogP contribution is 2.21. The van der Waals surface area contributed by atoms with E-state index in [0.29, 0.717) is 17.1 Å². The molecule has 2 amide bonds. The van der Waals surface area contributed by atoms with Crippen LogP contribution >= 0.6 is 11.6 Å². The lowest BCUT2D eigenvalue weighted by Gasteiger charge is -2.15. The molecule has 0 spiro atoms. The van der Waals surface area contributed by atoms with E-state index < -0.39 is 17.9 Å². The van der Waals surface area contributed by atoms with E-state index >= 15 is 0 Å². The average molecular weight is 350 g/mol. The topological polar surface area (TPSA) is 149 Å². The Bertz CT molecular complexity index is 769. The molecule has 0 aromatic carbocycles. The Morgan fingerprint density at radius 1 is 1.29 bits per heavy atom. The van der Waals surface area contributed by atoms with Crippen LogP contribution in [0.4, 0.5) is 17.3 Å². The number of halogens is 1. The summed E-state index contributed by atoms with van der Waals surface area (Å²) >= 11 is 5.87. The number of carbonyl (C=O) groups is 2. The fourth-order valence-electron chi connectivity index (χ4n) is 1.90. The van der Waals surface area contributed by atoms with Gasteiger partial charge in [0.15, 0.2) is 11.5 Å². The maximum atomic E-state index is 11.5. The van der Waals surface area contributed by atoms with Crippen LogP contribution in [0.1, 0.15) is 23.8 Å². The predicted octanol–water partition coefficient (Wildman–Crippen LogP) is 1.04. The van der Waals surface area contributed by atoms with Crippen molar-refractivity contribution in [3.63, 3.8) is 0 Å². The molecule has 0 aliphatic carbocycles. The highest BCUT2D eigenvalue weighted by Gasteiger charge is 2.17. The monoisotopic (exact) mass is 349 g/mol. The number of anilines is 3. The summed E-state index contributed by atoms with van der Waals surface area (Å²) in [6, 6.07) is 0.985. The van der Waals surface area contributed by atoms with Crippen LogP contribution < -0.4 is 22.1 Å². The molecule has 2 heterocycles. The zero-order chi connectivity index (χ0) is 17.7. The third kappa shape index (κ3) is 4.29. The molecule has 1 atom stereocenters. The molecule has 10 heteroatoms. The lowest BCUT2D eigenvalue weighted by molar-refractivity contribution is -0.118. The Kier molecular flexibility index (Phi) is 5.48. The van der Waals surface area contributed by atoms with Crippen molar-refractivity contribution < 1.29 is 9.59 Å². The van der Waals surface area contributed by atoms with Gasteiger partial charge in [-0.1, -0.05) is 18.5 Å². The molecule has 0 aliphatic heterocycles. The SMILES string of the molecule is CCC(Nc1cnc(C(N)=O)c(Nc2cncc(Cl)c2)n1)C(N)=O. The first-order chi connectivity index (χ1) is 11.4. The molecule has 0 aliphatic rings. The molecule has 0 bridgehead atoms. The summed E-state index contributed by atoms with van der Waals surface area (Å²) in [5.74, 6) is -0.903. The Morgan fingerprint density at radius 2 is 2.04 bits per heavy atom. The van der Waals surface area contributed by atoms with E-state index in [1.165, 1.54) is 18.6 Å². The minimum Gasteiger partial charge on any atom is -0.368 e. The summed E-state index contributed by atoms with van der Waals surface area (Å²) in [6.45, 7) is 1.80. The normalized spacial score (nSPS) is 11.6. The molecular formula is C14H16ClN7O2. The highest BCUT2D eigenvalue weighted by atomic mass is 35.5. The van der Waals surface area contributed by atoms with Gasteiger partial charge in [-0.25, -0.2) is 9.97 Å². The van der Waals surface area contributed by atoms with Crippen LogP contribution in [0.5, 0.6) is 0 Å². The summed E-state index contributed by atoms with van der Waals surface area (Å²) in [5.41, 5.74) is 11.0. The molecular weight excluding hydrogens is 334 g/mol. The molecule has 2 aromatic heterocycles. The maximum Gasteiger partial charge on any atom is 0.271 e. The van der Waals surface area contributed by atoms with Gasteiger partial charge in [0.05, 0.1) is 23.1 Å². The van der Waals surface area contributed by atoms with Crippen LogP contribution in [0.15, 0.2) is 24.7 Å². The van der Waals surface area contributed by atoms with Gasteiger partial charge in [-0.15, -0.1) is 0 Å². The van der Waals surface area contributed by atoms with Gasteiger partial charge >= 0.3 is 0 Å². The van der Waals surface area contributed by atoms with E-state index in [-0.39, 0.29) is 17.3 Å². The van der Waals surface area contributed by atoms with E-state index in [0.717, 1.165) is 0 Å². The molecule has 2 aromatic rings. The first-order valence-electron chi connectivity index (χ1n) is 7.01. The summed E-state index contributed by atoms with van der Waals surface area (Å²) in [4.78, 5) is 35.0. The molecule has 24 heavy (non-hydrogen) atoms. The minimum absolute atomic E-state index is 0.0624. The largest absolute Gasteiger partial charge is 0.368 e. The van der Waals surface area contributed by atoms with Gasteiger partial charge in [0.2, 0.25) is 5.91 Å². The van der Waals surface area contributed by atoms with Gasteiger partial charge < -0.3 is 22.1 Å². The number of nitrogens with zero attached hydrogens (tertiary/aromatic N) is 3. The molecule has 0 radical (unpaired) electrons. The van der Waals surface area contributed by atoms with Crippen molar-refractivity contribution in [1.29, 1.82) is 0 Å². The summed E-state index contributed by atoms with van der Waals surface area (Å²) < 4.78 is 0. The van der Waals surface area contributed by atoms with Crippen LogP contribution in [-0.4, -0.2) is 32.8 Å². The molecule has 0 fully saturated rings. The van der Waals surface area contributed by atoms with Crippen molar-refractivity contribution in [2.75, 3.05) is 10.6 Å². The van der Waals surface area contributed by atoms with E-state index in [2.05, 4.69) is 25.6 Å². The second-order valence-corrected chi connectivity index (χ2v) is 5.28. The van der Waals surface area contributed by atoms with Crippen molar-refractivity contribution in [2.24, 2.45) is 11.5 Å². The molecule has 126 valence electrons. The molecule has 9 nitrogen and oxygen atoms in total. The van der Waals surface area contributed by atoms with E-state index in [1.54, 1.807) is 13.0 Å². The van der Waals surface area contributed by atoms with Crippen molar-refractivity contribution in [3.05, 3.63) is 35.4 Å². The predicted molar refractivity (Wildman–Crippen MR) is 90.0 cm³/mol. The summed E-state index contributed by atoms with van der Waals surface area (Å²) in [5, 5.41) is 6.13. The second kappa shape index (κ2) is 7.55. The first-order valence-corrected chi connectivity index (χ1v) is 7.38. The van der Waals surface area contributed by atoms with Gasteiger partial charge in [0.25, 0.3) is 5.91 Å². The minimum atomic E-state index is -0.756. The third-order valence-corrected chi connectivity index (χ3v) is 3.25. The fraction of sp³-hybridized carbons (Fsp3) is 0.214. The van der Waals surface area contributed by atoms with Gasteiger partial charge in [0, 0.05) is 6.20 Å². The van der Waals surface area contributed by atoms with Crippen molar-refractivity contribution in [2.45, 2.75) is 19.4 Å². The molecule has 1 unspecified atom stereocenters. The molecule has 6 N–H and O–H groups in total. The number of hydrogen-bond donors (Lipinski definition) is 4. The van der Waals surface area contributed by atoms with Crippen LogP contribution in [-0.2, 0) is 4.79 Å². The summed E-state index contributed by atoms with van der Waals surface area (Å²) in [6.07, 6.45) is 4.73. The zero-order valence-electron chi connectivity index (χ0n) is 12.8. The van der Waals surface area contributed by atoms with Crippen LogP contribution in [0.25, 0.3) is 0 Å². The zero-order valence-corrected chi connectivity index (χ0v) is 13.5. The van der Waals surface area contributed by atoms with Crippen LogP contribution in [0.2, 0.25) is 5.02 Å². The number of aromatic nitrogens is 3. The Labute approximate surface area is 142 Å². The van der Waals surface area contributed by atoms with E-state index in [1.807, 2.05) is 0 Å². The fourth-order valence-corrected chi connectivity index (χ4v) is 2.07. The van der Waals surface area contributed by atoms with E-state index in [4.69, 9.17) is 23.1 Å². The van der Waals surface area contributed by atoms with E-state index in [9.17, 15) is 9.59 Å². The smallest absolute Gasteiger partial charge is 0.271 e. The quantitative estimate of drug-likeness (QED) is 0.583. The van der Waals surface area contributed by atoms with Crippen LogP contribution in [0.3, 0.4) is 0 Å². The lowest BCUT2D eigenvalue weighted by atomic mass is 10.2. The standard InChI is InChI=1S/C14H16ClN7O2/c1-2-9(12(16)23)21-10-6-19-11(13(17)24)14(22-10)20-8-3-7(15)4-18-5-8/h3-6,9H,2H2,1H3,(H2,16,23)(H2,17,24)(H2,20,21,22). The highest BCUT2D eigenvalue weighted by molar-refractivity contribution is 6.30. The Hall–Kier alpha value is -2.94. The number of amides is 2. The van der Waals surface area contributed by atoms with Gasteiger partial charge in [0.1, 0.15) is 11.9 Å². The molecule has 0 saturated carbocycles. The first kappa shape index (κ1) is 17.4. The van der Waals surface area contributed by atoms with Crippen LogP contribution in [0, 0.1) is 0 Å². The number of nitrogens with two attached hydrogens (primary N) is 2. The molecule has 0 saturated heterocycles. The second-order valence-electron chi connectivity index (χ2n) is 4.84. The molecule has 2 rings (SSSR count). The Balaban J connectivity index is 2.34.